The molecule has 8 nitrogen and oxygen atoms in total. The lowest BCUT2D eigenvalue weighted by molar-refractivity contribution is 0.102. The number of carbonyl (C=O) groups excluding carboxylic acids is 1. The molecule has 1 aromatic carbocycles. The van der Waals surface area contributed by atoms with Gasteiger partial charge in [-0.2, -0.15) is 0 Å². The van der Waals surface area contributed by atoms with Crippen molar-refractivity contribution >= 4 is 17.5 Å². The molecule has 0 radical (unpaired) electrons. The predicted molar refractivity (Wildman–Crippen MR) is 101 cm³/mol. The highest BCUT2D eigenvalue weighted by atomic mass is 16.5. The van der Waals surface area contributed by atoms with Gasteiger partial charge >= 0.3 is 0 Å². The van der Waals surface area contributed by atoms with Crippen LogP contribution >= 0.6 is 0 Å². The largest absolute Gasteiger partial charge is 0.497 e. The third kappa shape index (κ3) is 4.69. The van der Waals surface area contributed by atoms with Gasteiger partial charge in [0.15, 0.2) is 0 Å². The van der Waals surface area contributed by atoms with Gasteiger partial charge in [-0.15, -0.1) is 0 Å². The molecule has 2 aromatic heterocycles. The van der Waals surface area contributed by atoms with Crippen LogP contribution in [0, 0.1) is 0 Å². The maximum atomic E-state index is 12.5. The summed E-state index contributed by atoms with van der Waals surface area (Å²) in [6.07, 6.45) is 3.23. The van der Waals surface area contributed by atoms with Gasteiger partial charge in [-0.05, 0) is 30.3 Å². The number of amides is 1. The van der Waals surface area contributed by atoms with Gasteiger partial charge in [0.05, 0.1) is 32.1 Å². The Morgan fingerprint density at radius 3 is 2.67 bits per heavy atom. The SMILES string of the molecule is COc1ccc(NC(=O)c2ccnc(NCc3ccccn3)n2)c(OC)c1. The fourth-order valence-corrected chi connectivity index (χ4v) is 2.33. The molecule has 3 rings (SSSR count). The highest BCUT2D eigenvalue weighted by Crippen LogP contribution is 2.29. The molecule has 8 heteroatoms. The molecule has 0 aliphatic heterocycles. The third-order valence-corrected chi connectivity index (χ3v) is 3.70. The van der Waals surface area contributed by atoms with Crippen LogP contribution in [0.1, 0.15) is 16.2 Å². The van der Waals surface area contributed by atoms with E-state index in [4.69, 9.17) is 9.47 Å². The highest BCUT2D eigenvalue weighted by Gasteiger charge is 2.13. The van der Waals surface area contributed by atoms with E-state index in [1.54, 1.807) is 31.5 Å². The maximum absolute atomic E-state index is 12.5. The van der Waals surface area contributed by atoms with Gasteiger partial charge in [-0.25, -0.2) is 9.97 Å². The highest BCUT2D eigenvalue weighted by molar-refractivity contribution is 6.03. The Morgan fingerprint density at radius 1 is 1.04 bits per heavy atom. The molecule has 1 amide bonds. The minimum absolute atomic E-state index is 0.228. The van der Waals surface area contributed by atoms with Gasteiger partial charge in [-0.1, -0.05) is 6.07 Å². The van der Waals surface area contributed by atoms with Crippen LogP contribution in [0.5, 0.6) is 11.5 Å². The van der Waals surface area contributed by atoms with Crippen molar-refractivity contribution in [2.75, 3.05) is 24.9 Å². The number of nitrogens with zero attached hydrogens (tertiary/aromatic N) is 3. The van der Waals surface area contributed by atoms with Gasteiger partial charge in [0.25, 0.3) is 5.91 Å². The van der Waals surface area contributed by atoms with E-state index in [0.29, 0.717) is 29.7 Å². The molecule has 27 heavy (non-hydrogen) atoms. The summed E-state index contributed by atoms with van der Waals surface area (Å²) in [5.41, 5.74) is 1.59. The Hall–Kier alpha value is -3.68. The Labute approximate surface area is 156 Å². The zero-order valence-electron chi connectivity index (χ0n) is 15.0. The van der Waals surface area contributed by atoms with Gasteiger partial charge in [0.2, 0.25) is 5.95 Å². The van der Waals surface area contributed by atoms with E-state index >= 15 is 0 Å². The summed E-state index contributed by atoms with van der Waals surface area (Å²) in [5.74, 6) is 1.09. The molecule has 0 aliphatic carbocycles. The molecule has 138 valence electrons. The molecule has 0 saturated heterocycles. The maximum Gasteiger partial charge on any atom is 0.274 e. The Balaban J connectivity index is 1.70. The standard InChI is InChI=1S/C19H19N5O3/c1-26-14-6-7-15(17(11-14)27-2)23-18(25)16-8-10-21-19(24-16)22-12-13-5-3-4-9-20-13/h3-11H,12H2,1-2H3,(H,23,25)(H,21,22,24). The molecule has 0 atom stereocenters. The van der Waals surface area contributed by atoms with Gasteiger partial charge in [0.1, 0.15) is 17.2 Å². The second-order valence-corrected chi connectivity index (χ2v) is 5.46. The van der Waals surface area contributed by atoms with Crippen LogP contribution < -0.4 is 20.1 Å². The molecule has 0 saturated carbocycles. The lowest BCUT2D eigenvalue weighted by atomic mass is 10.2. The van der Waals surface area contributed by atoms with Crippen LogP contribution in [-0.4, -0.2) is 35.1 Å². The zero-order valence-corrected chi connectivity index (χ0v) is 15.0. The summed E-state index contributed by atoms with van der Waals surface area (Å²) in [4.78, 5) is 25.1. The normalized spacial score (nSPS) is 10.1. The molecular weight excluding hydrogens is 346 g/mol. The smallest absolute Gasteiger partial charge is 0.274 e. The quantitative estimate of drug-likeness (QED) is 0.664. The van der Waals surface area contributed by atoms with Crippen LogP contribution in [0.3, 0.4) is 0 Å². The number of nitrogens with one attached hydrogen (secondary N) is 2. The summed E-state index contributed by atoms with van der Waals surface area (Å²) in [5, 5.41) is 5.83. The van der Waals surface area contributed by atoms with Crippen molar-refractivity contribution in [2.45, 2.75) is 6.54 Å². The first-order chi connectivity index (χ1) is 13.2. The van der Waals surface area contributed by atoms with Crippen molar-refractivity contribution in [3.8, 4) is 11.5 Å². The Morgan fingerprint density at radius 2 is 1.93 bits per heavy atom. The summed E-state index contributed by atoms with van der Waals surface area (Å²) >= 11 is 0. The van der Waals surface area contributed by atoms with Crippen molar-refractivity contribution < 1.29 is 14.3 Å². The molecule has 0 spiro atoms. The van der Waals surface area contributed by atoms with Crippen LogP contribution in [0.25, 0.3) is 0 Å². The summed E-state index contributed by atoms with van der Waals surface area (Å²) in [7, 11) is 3.09. The van der Waals surface area contributed by atoms with E-state index in [0.717, 1.165) is 5.69 Å². The summed E-state index contributed by atoms with van der Waals surface area (Å²) < 4.78 is 10.4. The molecule has 0 bridgehead atoms. The number of hydrogen-bond acceptors (Lipinski definition) is 7. The predicted octanol–water partition coefficient (Wildman–Crippen LogP) is 2.75. The second kappa shape index (κ2) is 8.61. The van der Waals surface area contributed by atoms with E-state index in [1.165, 1.54) is 19.4 Å². The molecule has 0 unspecified atom stereocenters. The molecule has 3 aromatic rings. The number of pyridine rings is 1. The average molecular weight is 365 g/mol. The van der Waals surface area contributed by atoms with E-state index in [1.807, 2.05) is 18.2 Å². The first-order valence-corrected chi connectivity index (χ1v) is 8.20. The van der Waals surface area contributed by atoms with Crippen molar-refractivity contribution in [1.29, 1.82) is 0 Å². The van der Waals surface area contributed by atoms with E-state index in [-0.39, 0.29) is 11.6 Å². The van der Waals surface area contributed by atoms with E-state index in [9.17, 15) is 4.79 Å². The summed E-state index contributed by atoms with van der Waals surface area (Å²) in [6.45, 7) is 0.457. The number of anilines is 2. The number of rotatable bonds is 7. The number of aromatic nitrogens is 3. The van der Waals surface area contributed by atoms with Gasteiger partial charge < -0.3 is 20.1 Å². The first-order valence-electron chi connectivity index (χ1n) is 8.20. The Kier molecular flexibility index (Phi) is 5.78. The fraction of sp³-hybridized carbons (Fsp3) is 0.158. The zero-order chi connectivity index (χ0) is 19.1. The molecule has 0 fully saturated rings. The molecule has 0 aliphatic rings. The Bertz CT molecular complexity index is 918. The van der Waals surface area contributed by atoms with Crippen LogP contribution in [-0.2, 0) is 6.54 Å². The molecule has 2 heterocycles. The van der Waals surface area contributed by atoms with Crippen LogP contribution in [0.4, 0.5) is 11.6 Å². The fourth-order valence-electron chi connectivity index (χ4n) is 2.33. The average Bonchev–Trinajstić information content (AvgIpc) is 2.73. The van der Waals surface area contributed by atoms with E-state index < -0.39 is 0 Å². The van der Waals surface area contributed by atoms with Crippen LogP contribution in [0.15, 0.2) is 54.9 Å². The minimum Gasteiger partial charge on any atom is -0.497 e. The number of benzene rings is 1. The number of carbonyl (C=O) groups is 1. The number of methoxy groups -OCH3 is 2. The third-order valence-electron chi connectivity index (χ3n) is 3.70. The summed E-state index contributed by atoms with van der Waals surface area (Å²) in [6, 6.07) is 12.3. The van der Waals surface area contributed by atoms with Crippen LogP contribution in [0.2, 0.25) is 0 Å². The van der Waals surface area contributed by atoms with E-state index in [2.05, 4.69) is 25.6 Å². The minimum atomic E-state index is -0.373. The van der Waals surface area contributed by atoms with Crippen molar-refractivity contribution in [3.63, 3.8) is 0 Å². The lowest BCUT2D eigenvalue weighted by Gasteiger charge is -2.11. The number of hydrogen-bond donors (Lipinski definition) is 2. The topological polar surface area (TPSA) is 98.3 Å². The monoisotopic (exact) mass is 365 g/mol. The van der Waals surface area contributed by atoms with Crippen molar-refractivity contribution in [3.05, 3.63) is 66.2 Å². The van der Waals surface area contributed by atoms with Gasteiger partial charge in [0, 0.05) is 18.5 Å². The van der Waals surface area contributed by atoms with Crippen molar-refractivity contribution in [1.82, 2.24) is 15.0 Å². The molecular formula is C19H19N5O3. The lowest BCUT2D eigenvalue weighted by Crippen LogP contribution is -2.16. The molecule has 2 N–H and O–H groups in total. The second-order valence-electron chi connectivity index (χ2n) is 5.46. The van der Waals surface area contributed by atoms with Crippen molar-refractivity contribution in [2.24, 2.45) is 0 Å². The first kappa shape index (κ1) is 18.1. The number of ether oxygens (including phenoxy) is 2. The van der Waals surface area contributed by atoms with Gasteiger partial charge in [-0.3, -0.25) is 9.78 Å².